The van der Waals surface area contributed by atoms with Crippen LogP contribution in [0.1, 0.15) is 5.56 Å². The Morgan fingerprint density at radius 1 is 1.39 bits per heavy atom. The highest BCUT2D eigenvalue weighted by atomic mass is 79.9. The Labute approximate surface area is 107 Å². The van der Waals surface area contributed by atoms with Crippen LogP contribution in [0.4, 0.5) is 22.0 Å². The molecule has 1 rings (SSSR count). The fraction of sp³-hybridized carbons (Fsp3) is 0.300. The molecule has 0 atom stereocenters. The summed E-state index contributed by atoms with van der Waals surface area (Å²) in [5.74, 6) is -7.67. The molecule has 1 N–H and O–H groups in total. The molecule has 0 fully saturated rings. The summed E-state index contributed by atoms with van der Waals surface area (Å²) in [5.41, 5.74) is -0.0946. The van der Waals surface area contributed by atoms with Gasteiger partial charge in [-0.3, -0.25) is 4.79 Å². The van der Waals surface area contributed by atoms with E-state index in [4.69, 9.17) is 0 Å². The lowest BCUT2D eigenvalue weighted by Crippen LogP contribution is -2.44. The van der Waals surface area contributed by atoms with E-state index < -0.39 is 30.6 Å². The van der Waals surface area contributed by atoms with Crippen LogP contribution in [0.3, 0.4) is 0 Å². The molecule has 0 aliphatic heterocycles. The molecule has 0 aliphatic carbocycles. The average molecular weight is 332 g/mol. The van der Waals surface area contributed by atoms with Crippen LogP contribution in [0.15, 0.2) is 22.7 Å². The smallest absolute Gasteiger partial charge is 0.346 e. The van der Waals surface area contributed by atoms with Crippen molar-refractivity contribution in [2.75, 3.05) is 0 Å². The highest BCUT2D eigenvalue weighted by Crippen LogP contribution is 2.23. The Balaban J connectivity index is 2.71. The van der Waals surface area contributed by atoms with Gasteiger partial charge in [-0.1, -0.05) is 15.9 Å². The topological polar surface area (TPSA) is 29.1 Å². The van der Waals surface area contributed by atoms with Gasteiger partial charge in [-0.2, -0.15) is 8.78 Å². The average Bonchev–Trinajstić information content (AvgIpc) is 2.29. The number of hydrogen-bond acceptors (Lipinski definition) is 1. The van der Waals surface area contributed by atoms with Gasteiger partial charge in [0.2, 0.25) is 0 Å². The van der Waals surface area contributed by atoms with Gasteiger partial charge in [-0.15, -0.1) is 0 Å². The molecular weight excluding hydrogens is 325 g/mol. The van der Waals surface area contributed by atoms with Crippen LogP contribution in [-0.2, 0) is 11.3 Å². The van der Waals surface area contributed by atoms with Crippen LogP contribution in [0.5, 0.6) is 0 Å². The van der Waals surface area contributed by atoms with Crippen LogP contribution in [0, 0.1) is 5.82 Å². The number of benzene rings is 1. The summed E-state index contributed by atoms with van der Waals surface area (Å²) in [6, 6.07) is 3.67. The van der Waals surface area contributed by atoms with E-state index >= 15 is 0 Å². The lowest BCUT2D eigenvalue weighted by molar-refractivity contribution is -0.169. The molecule has 2 nitrogen and oxygen atoms in total. The first kappa shape index (κ1) is 14.9. The number of nitrogens with one attached hydrogen (secondary N) is 1. The fourth-order valence-corrected chi connectivity index (χ4v) is 1.48. The number of alkyl halides is 4. The Morgan fingerprint density at radius 3 is 2.56 bits per heavy atom. The lowest BCUT2D eigenvalue weighted by atomic mass is 10.2. The maximum Gasteiger partial charge on any atom is 0.383 e. The van der Waals surface area contributed by atoms with Crippen LogP contribution in [0.2, 0.25) is 0 Å². The Morgan fingerprint density at radius 2 is 2.00 bits per heavy atom. The first-order valence-electron chi connectivity index (χ1n) is 4.63. The van der Waals surface area contributed by atoms with E-state index in [2.05, 4.69) is 15.9 Å². The van der Waals surface area contributed by atoms with E-state index in [9.17, 15) is 26.7 Å². The summed E-state index contributed by atoms with van der Waals surface area (Å²) in [5, 5.41) is 1.56. The van der Waals surface area contributed by atoms with Crippen molar-refractivity contribution in [1.82, 2.24) is 5.32 Å². The van der Waals surface area contributed by atoms with Crippen molar-refractivity contribution in [3.05, 3.63) is 34.1 Å². The molecule has 0 saturated carbocycles. The van der Waals surface area contributed by atoms with Gasteiger partial charge in [-0.25, -0.2) is 13.2 Å². The largest absolute Gasteiger partial charge is 0.383 e. The minimum Gasteiger partial charge on any atom is -0.346 e. The molecule has 0 bridgehead atoms. The molecule has 18 heavy (non-hydrogen) atoms. The Bertz CT molecular complexity index is 452. The number of carbonyl (C=O) groups excluding carboxylic acids is 1. The highest BCUT2D eigenvalue weighted by Gasteiger charge is 2.48. The van der Waals surface area contributed by atoms with E-state index in [1.54, 1.807) is 5.32 Å². The second-order valence-corrected chi connectivity index (χ2v) is 4.26. The normalized spacial score (nSPS) is 11.7. The maximum absolute atomic E-state index is 13.2. The summed E-state index contributed by atoms with van der Waals surface area (Å²) in [7, 11) is 0. The van der Waals surface area contributed by atoms with E-state index in [0.29, 0.717) is 4.47 Å². The lowest BCUT2D eigenvalue weighted by Gasteiger charge is -2.15. The summed E-state index contributed by atoms with van der Waals surface area (Å²) < 4.78 is 62.4. The molecule has 0 aromatic heterocycles. The van der Waals surface area contributed by atoms with E-state index in [-0.39, 0.29) is 5.56 Å². The highest BCUT2D eigenvalue weighted by molar-refractivity contribution is 9.10. The number of halogens is 6. The molecule has 0 unspecified atom stereocenters. The standard InChI is InChI=1S/C10H7BrF5NO/c11-6-1-2-7(12)5(3-6)4-17-9(18)10(15,16)8(13)14/h1-3,8H,4H2,(H,17,18). The third kappa shape index (κ3) is 3.41. The molecule has 100 valence electrons. The summed E-state index contributed by atoms with van der Waals surface area (Å²) in [6.07, 6.45) is -4.11. The summed E-state index contributed by atoms with van der Waals surface area (Å²) >= 11 is 3.02. The molecule has 0 radical (unpaired) electrons. The van der Waals surface area contributed by atoms with Crippen molar-refractivity contribution >= 4 is 21.8 Å². The van der Waals surface area contributed by atoms with Crippen molar-refractivity contribution < 1.29 is 26.7 Å². The van der Waals surface area contributed by atoms with Crippen LogP contribution < -0.4 is 5.32 Å². The number of hydrogen-bond donors (Lipinski definition) is 1. The molecule has 0 saturated heterocycles. The van der Waals surface area contributed by atoms with Crippen LogP contribution in [0.25, 0.3) is 0 Å². The maximum atomic E-state index is 13.2. The van der Waals surface area contributed by atoms with Gasteiger partial charge in [0.05, 0.1) is 0 Å². The van der Waals surface area contributed by atoms with Gasteiger partial charge in [0.15, 0.2) is 0 Å². The zero-order valence-corrected chi connectivity index (χ0v) is 10.3. The van der Waals surface area contributed by atoms with E-state index in [1.807, 2.05) is 0 Å². The zero-order valence-electron chi connectivity index (χ0n) is 8.69. The quantitative estimate of drug-likeness (QED) is 0.844. The van der Waals surface area contributed by atoms with Gasteiger partial charge >= 0.3 is 12.3 Å². The molecule has 8 heteroatoms. The van der Waals surface area contributed by atoms with Gasteiger partial charge < -0.3 is 5.32 Å². The third-order valence-corrected chi connectivity index (χ3v) is 2.52. The number of amides is 1. The minimum atomic E-state index is -4.79. The Kier molecular flexibility index (Phi) is 4.66. The van der Waals surface area contributed by atoms with Crippen molar-refractivity contribution in [3.63, 3.8) is 0 Å². The van der Waals surface area contributed by atoms with Gasteiger partial charge in [0.25, 0.3) is 5.91 Å². The number of carbonyl (C=O) groups is 1. The van der Waals surface area contributed by atoms with Gasteiger partial charge in [0, 0.05) is 16.6 Å². The molecule has 0 spiro atoms. The molecular formula is C10H7BrF5NO. The number of rotatable bonds is 4. The van der Waals surface area contributed by atoms with Gasteiger partial charge in [0.1, 0.15) is 5.82 Å². The third-order valence-electron chi connectivity index (χ3n) is 2.02. The molecule has 1 aromatic rings. The minimum absolute atomic E-state index is 0.0946. The first-order chi connectivity index (χ1) is 8.25. The van der Waals surface area contributed by atoms with E-state index in [0.717, 1.165) is 6.07 Å². The summed E-state index contributed by atoms with van der Waals surface area (Å²) in [6.45, 7) is -0.605. The van der Waals surface area contributed by atoms with Crippen molar-refractivity contribution in [2.45, 2.75) is 18.9 Å². The predicted molar refractivity (Wildman–Crippen MR) is 56.9 cm³/mol. The fourth-order valence-electron chi connectivity index (χ4n) is 1.07. The second kappa shape index (κ2) is 5.64. The molecule has 0 aliphatic rings. The van der Waals surface area contributed by atoms with Crippen molar-refractivity contribution in [1.29, 1.82) is 0 Å². The van der Waals surface area contributed by atoms with Crippen LogP contribution in [-0.4, -0.2) is 18.3 Å². The molecule has 1 amide bonds. The molecule has 1 aromatic carbocycles. The first-order valence-corrected chi connectivity index (χ1v) is 5.42. The molecule has 0 heterocycles. The van der Waals surface area contributed by atoms with Crippen molar-refractivity contribution in [3.8, 4) is 0 Å². The zero-order chi connectivity index (χ0) is 13.9. The second-order valence-electron chi connectivity index (χ2n) is 3.34. The van der Waals surface area contributed by atoms with Gasteiger partial charge in [-0.05, 0) is 18.2 Å². The summed E-state index contributed by atoms with van der Waals surface area (Å²) in [4.78, 5) is 10.8. The van der Waals surface area contributed by atoms with Crippen molar-refractivity contribution in [2.24, 2.45) is 0 Å². The van der Waals surface area contributed by atoms with Crippen LogP contribution >= 0.6 is 15.9 Å². The predicted octanol–water partition coefficient (Wildman–Crippen LogP) is 3.10. The monoisotopic (exact) mass is 331 g/mol. The SMILES string of the molecule is O=C(NCc1cc(Br)ccc1F)C(F)(F)C(F)F. The Hall–Kier alpha value is -1.18. The van der Waals surface area contributed by atoms with E-state index in [1.165, 1.54) is 12.1 Å².